The summed E-state index contributed by atoms with van der Waals surface area (Å²) in [5, 5.41) is 7.70. The predicted octanol–water partition coefficient (Wildman–Crippen LogP) is 3.06. The van der Waals surface area contributed by atoms with Crippen molar-refractivity contribution in [2.75, 3.05) is 32.3 Å². The Morgan fingerprint density at radius 3 is 2.41 bits per heavy atom. The van der Waals surface area contributed by atoms with Gasteiger partial charge >= 0.3 is 0 Å². The average Bonchev–Trinajstić information content (AvgIpc) is 3.27. The number of imidazole rings is 1. The lowest BCUT2D eigenvalue weighted by molar-refractivity contribution is 0.394. The molecule has 27 heavy (non-hydrogen) atoms. The van der Waals surface area contributed by atoms with Gasteiger partial charge < -0.3 is 25.5 Å². The van der Waals surface area contributed by atoms with Crippen LogP contribution in [0.5, 0.6) is 11.5 Å². The fourth-order valence-electron chi connectivity index (χ4n) is 3.02. The number of methoxy groups -OCH3 is 2. The molecule has 0 bridgehead atoms. The van der Waals surface area contributed by atoms with Gasteiger partial charge in [0.25, 0.3) is 0 Å². The number of fused-ring (bicyclic) bond motifs is 1. The second-order valence-corrected chi connectivity index (χ2v) is 5.94. The Morgan fingerprint density at radius 2 is 1.78 bits per heavy atom. The minimum absolute atomic E-state index is 0.453. The smallest absolute Gasteiger partial charge is 0.161 e. The van der Waals surface area contributed by atoms with E-state index in [0.717, 1.165) is 16.7 Å². The van der Waals surface area contributed by atoms with Crippen molar-refractivity contribution in [1.29, 1.82) is 0 Å². The normalized spacial score (nSPS) is 10.9. The Balaban J connectivity index is 1.90. The summed E-state index contributed by atoms with van der Waals surface area (Å²) >= 11 is 0. The molecular weight excluding hydrogens is 344 g/mol. The molecule has 0 aliphatic carbocycles. The fraction of sp³-hybridized carbons (Fsp3) is 0.158. The highest BCUT2D eigenvalue weighted by Gasteiger charge is 2.21. The summed E-state index contributed by atoms with van der Waals surface area (Å²) < 4.78 is 12.3. The summed E-state index contributed by atoms with van der Waals surface area (Å²) in [5.41, 5.74) is 9.70. The lowest BCUT2D eigenvalue weighted by Gasteiger charge is -2.09. The van der Waals surface area contributed by atoms with Crippen LogP contribution in [-0.4, -0.2) is 41.0 Å². The number of nitrogens with one attached hydrogen (secondary N) is 2. The lowest BCUT2D eigenvalue weighted by Crippen LogP contribution is -2.03. The van der Waals surface area contributed by atoms with Gasteiger partial charge in [-0.2, -0.15) is 0 Å². The van der Waals surface area contributed by atoms with Crippen LogP contribution in [0, 0.1) is 0 Å². The summed E-state index contributed by atoms with van der Waals surface area (Å²) in [6, 6.07) is 13.3. The molecule has 4 aromatic rings. The molecule has 2 aromatic carbocycles. The molecule has 0 fully saturated rings. The molecule has 2 aromatic heterocycles. The van der Waals surface area contributed by atoms with E-state index in [1.165, 1.54) is 0 Å². The first-order valence-corrected chi connectivity index (χ1v) is 8.39. The Morgan fingerprint density at radius 1 is 1.07 bits per heavy atom. The number of rotatable bonds is 5. The minimum atomic E-state index is 0.453. The van der Waals surface area contributed by atoms with E-state index in [0.29, 0.717) is 34.5 Å². The molecule has 8 nitrogen and oxygen atoms in total. The summed E-state index contributed by atoms with van der Waals surface area (Å²) in [4.78, 5) is 7.95. The van der Waals surface area contributed by atoms with Crippen molar-refractivity contribution in [2.45, 2.75) is 0 Å². The molecule has 4 N–H and O–H groups in total. The highest BCUT2D eigenvalue weighted by atomic mass is 16.5. The zero-order valence-electron chi connectivity index (χ0n) is 15.3. The zero-order chi connectivity index (χ0) is 19.0. The summed E-state index contributed by atoms with van der Waals surface area (Å²) in [6.45, 7) is 0. The molecule has 4 rings (SSSR count). The molecule has 0 saturated heterocycles. The molecule has 2 heterocycles. The number of ether oxygens (including phenoxy) is 2. The van der Waals surface area contributed by atoms with Crippen LogP contribution >= 0.6 is 0 Å². The summed E-state index contributed by atoms with van der Waals surface area (Å²) in [6.07, 6.45) is 0. The zero-order valence-corrected chi connectivity index (χ0v) is 15.3. The van der Waals surface area contributed by atoms with Crippen molar-refractivity contribution in [2.24, 2.45) is 0 Å². The highest BCUT2D eigenvalue weighted by Crippen LogP contribution is 2.35. The summed E-state index contributed by atoms with van der Waals surface area (Å²) in [5.74, 6) is 3.02. The Bertz CT molecular complexity index is 1060. The van der Waals surface area contributed by atoms with Gasteiger partial charge in [-0.3, -0.25) is 0 Å². The third-order valence-corrected chi connectivity index (χ3v) is 4.36. The Kier molecular flexibility index (Phi) is 4.08. The van der Waals surface area contributed by atoms with Crippen molar-refractivity contribution in [3.63, 3.8) is 0 Å². The quantitative estimate of drug-likeness (QED) is 0.503. The van der Waals surface area contributed by atoms with Gasteiger partial charge in [-0.15, -0.1) is 5.10 Å². The van der Waals surface area contributed by atoms with Crippen molar-refractivity contribution in [3.8, 4) is 28.6 Å². The molecular formula is C19H20N6O2. The van der Waals surface area contributed by atoms with Crippen molar-refractivity contribution in [3.05, 3.63) is 42.5 Å². The molecule has 0 spiro atoms. The molecule has 0 radical (unpaired) electrons. The van der Waals surface area contributed by atoms with Crippen molar-refractivity contribution >= 4 is 22.7 Å². The van der Waals surface area contributed by atoms with E-state index in [1.807, 2.05) is 36.4 Å². The van der Waals surface area contributed by atoms with Crippen LogP contribution in [0.25, 0.3) is 28.1 Å². The maximum atomic E-state index is 6.47. The number of hydrogen-bond acceptors (Lipinski definition) is 6. The van der Waals surface area contributed by atoms with Gasteiger partial charge in [0.05, 0.1) is 30.9 Å². The van der Waals surface area contributed by atoms with Gasteiger partial charge in [-0.25, -0.2) is 9.67 Å². The third-order valence-electron chi connectivity index (χ3n) is 4.36. The van der Waals surface area contributed by atoms with Gasteiger partial charge in [-0.1, -0.05) is 12.1 Å². The molecule has 0 atom stereocenters. The van der Waals surface area contributed by atoms with E-state index >= 15 is 0 Å². The van der Waals surface area contributed by atoms with Crippen LogP contribution in [-0.2, 0) is 0 Å². The second-order valence-electron chi connectivity index (χ2n) is 5.94. The second kappa shape index (κ2) is 6.56. The van der Waals surface area contributed by atoms with Gasteiger partial charge in [-0.05, 0) is 12.1 Å². The number of para-hydroxylation sites is 2. The molecule has 0 unspecified atom stereocenters. The molecule has 0 aliphatic heterocycles. The highest BCUT2D eigenvalue weighted by molar-refractivity contribution is 5.87. The minimum Gasteiger partial charge on any atom is -0.497 e. The molecule has 0 saturated carbocycles. The number of aromatic amines is 1. The number of nitrogens with zero attached hydrogens (tertiary/aromatic N) is 3. The van der Waals surface area contributed by atoms with E-state index in [4.69, 9.17) is 15.2 Å². The summed E-state index contributed by atoms with van der Waals surface area (Å²) in [7, 11) is 5.00. The van der Waals surface area contributed by atoms with Gasteiger partial charge in [0.15, 0.2) is 5.82 Å². The van der Waals surface area contributed by atoms with Crippen molar-refractivity contribution in [1.82, 2.24) is 19.7 Å². The molecule has 8 heteroatoms. The monoisotopic (exact) mass is 364 g/mol. The number of nitrogens with two attached hydrogens (primary N) is 1. The van der Waals surface area contributed by atoms with Crippen LogP contribution in [0.2, 0.25) is 0 Å². The Hall–Kier alpha value is -3.68. The van der Waals surface area contributed by atoms with E-state index in [-0.39, 0.29) is 0 Å². The number of anilines is 2. The Labute approximate surface area is 155 Å². The number of aromatic nitrogens is 4. The first-order chi connectivity index (χ1) is 13.1. The van der Waals surface area contributed by atoms with Crippen molar-refractivity contribution < 1.29 is 9.47 Å². The van der Waals surface area contributed by atoms with Crippen LogP contribution in [0.15, 0.2) is 42.5 Å². The average molecular weight is 364 g/mol. The largest absolute Gasteiger partial charge is 0.497 e. The first kappa shape index (κ1) is 16.8. The standard InChI is InChI=1S/C19H20N6O2/c1-21-18-16(19-22-14-6-4-5-7-15(14)23-19)17(20)25(24-18)11-8-12(26-2)10-13(9-11)27-3/h4-10H,20H2,1-3H3,(H,21,24)(H,22,23). The topological polar surface area (TPSA) is 103 Å². The van der Waals surface area contributed by atoms with Gasteiger partial charge in [0, 0.05) is 25.2 Å². The molecule has 0 aliphatic rings. The number of hydrogen-bond donors (Lipinski definition) is 3. The molecule has 138 valence electrons. The van der Waals surface area contributed by atoms with E-state index < -0.39 is 0 Å². The lowest BCUT2D eigenvalue weighted by atomic mass is 10.2. The maximum Gasteiger partial charge on any atom is 0.161 e. The van der Waals surface area contributed by atoms with Gasteiger partial charge in [0.1, 0.15) is 28.7 Å². The van der Waals surface area contributed by atoms with E-state index in [1.54, 1.807) is 32.0 Å². The van der Waals surface area contributed by atoms with Crippen LogP contribution in [0.3, 0.4) is 0 Å². The van der Waals surface area contributed by atoms with Crippen LogP contribution in [0.1, 0.15) is 0 Å². The van der Waals surface area contributed by atoms with E-state index in [2.05, 4.69) is 20.4 Å². The fourth-order valence-corrected chi connectivity index (χ4v) is 3.02. The number of nitrogen functional groups attached to an aromatic ring is 1. The number of H-pyrrole nitrogens is 1. The first-order valence-electron chi connectivity index (χ1n) is 8.39. The predicted molar refractivity (Wildman–Crippen MR) is 106 cm³/mol. The van der Waals surface area contributed by atoms with Crippen LogP contribution in [0.4, 0.5) is 11.6 Å². The third kappa shape index (κ3) is 2.80. The maximum absolute atomic E-state index is 6.47. The molecule has 0 amide bonds. The number of benzene rings is 2. The van der Waals surface area contributed by atoms with E-state index in [9.17, 15) is 0 Å². The van der Waals surface area contributed by atoms with Gasteiger partial charge in [0.2, 0.25) is 0 Å². The van der Waals surface area contributed by atoms with Crippen LogP contribution < -0.4 is 20.5 Å². The SMILES string of the molecule is CNc1nn(-c2cc(OC)cc(OC)c2)c(N)c1-c1nc2ccccc2[nH]1.